The van der Waals surface area contributed by atoms with Crippen LogP contribution >= 0.6 is 0 Å². The van der Waals surface area contributed by atoms with Gasteiger partial charge >= 0.3 is 0 Å². The number of H-pyrrole nitrogens is 1. The second-order valence-electron chi connectivity index (χ2n) is 7.68. The first-order chi connectivity index (χ1) is 15.3. The fourth-order valence-corrected chi connectivity index (χ4v) is 4.18. The van der Waals surface area contributed by atoms with Gasteiger partial charge in [-0.2, -0.15) is 0 Å². The molecular formula is C23H20N6O2. The molecule has 2 aromatic heterocycles. The van der Waals surface area contributed by atoms with Gasteiger partial charge in [0.2, 0.25) is 5.91 Å². The van der Waals surface area contributed by atoms with Gasteiger partial charge in [0.25, 0.3) is 0 Å². The molecule has 8 nitrogen and oxygen atoms in total. The summed E-state index contributed by atoms with van der Waals surface area (Å²) in [5.74, 6) is 0.562. The second-order valence-corrected chi connectivity index (χ2v) is 7.68. The molecule has 0 atom stereocenters. The number of morpholine rings is 1. The van der Waals surface area contributed by atoms with Crippen LogP contribution in [0.5, 0.6) is 0 Å². The first kappa shape index (κ1) is 18.0. The average Bonchev–Trinajstić information content (AvgIpc) is 3.42. The van der Waals surface area contributed by atoms with Crippen molar-refractivity contribution in [3.8, 4) is 11.3 Å². The fourth-order valence-electron chi connectivity index (χ4n) is 4.18. The average molecular weight is 412 g/mol. The molecule has 6 rings (SSSR count). The standard InChI is InChI=1S/C23H20N6O2/c30-22-12-20-23(29(22)17-5-6-18-19(11-17)26-14-25-18)27-21(13-24-20)15-1-3-16(4-2-15)28-7-9-31-10-8-28/h1-6,11,13-14H,7-10,12H2,(H,25,26). The number of nitrogens with one attached hydrogen (secondary N) is 1. The third kappa shape index (κ3) is 3.12. The van der Waals surface area contributed by atoms with Crippen LogP contribution in [0, 0.1) is 0 Å². The number of carbonyl (C=O) groups excluding carboxylic acids is 1. The monoisotopic (exact) mass is 412 g/mol. The largest absolute Gasteiger partial charge is 0.378 e. The molecule has 1 saturated heterocycles. The van der Waals surface area contributed by atoms with Gasteiger partial charge in [0.15, 0.2) is 5.82 Å². The number of ether oxygens (including phenoxy) is 1. The predicted molar refractivity (Wildman–Crippen MR) is 117 cm³/mol. The van der Waals surface area contributed by atoms with Crippen molar-refractivity contribution in [2.75, 3.05) is 36.1 Å². The fraction of sp³-hybridized carbons (Fsp3) is 0.217. The minimum Gasteiger partial charge on any atom is -0.378 e. The summed E-state index contributed by atoms with van der Waals surface area (Å²) < 4.78 is 5.43. The number of rotatable bonds is 3. The maximum Gasteiger partial charge on any atom is 0.238 e. The summed E-state index contributed by atoms with van der Waals surface area (Å²) >= 11 is 0. The number of amides is 1. The summed E-state index contributed by atoms with van der Waals surface area (Å²) in [6.45, 7) is 3.31. The summed E-state index contributed by atoms with van der Waals surface area (Å²) in [4.78, 5) is 33.5. The van der Waals surface area contributed by atoms with Crippen molar-refractivity contribution in [3.63, 3.8) is 0 Å². The van der Waals surface area contributed by atoms with Gasteiger partial charge in [0.05, 0.1) is 60.3 Å². The van der Waals surface area contributed by atoms with Gasteiger partial charge in [-0.1, -0.05) is 12.1 Å². The van der Waals surface area contributed by atoms with Crippen LogP contribution in [0.25, 0.3) is 22.3 Å². The van der Waals surface area contributed by atoms with E-state index in [0.29, 0.717) is 11.5 Å². The van der Waals surface area contributed by atoms with Crippen molar-refractivity contribution < 1.29 is 9.53 Å². The van der Waals surface area contributed by atoms with Gasteiger partial charge in [-0.3, -0.25) is 14.7 Å². The Kier molecular flexibility index (Phi) is 4.17. The van der Waals surface area contributed by atoms with Gasteiger partial charge in [-0.15, -0.1) is 0 Å². The van der Waals surface area contributed by atoms with E-state index in [2.05, 4.69) is 44.1 Å². The summed E-state index contributed by atoms with van der Waals surface area (Å²) in [5.41, 5.74) is 6.08. The van der Waals surface area contributed by atoms with Crippen LogP contribution in [0.3, 0.4) is 0 Å². The highest BCUT2D eigenvalue weighted by Crippen LogP contribution is 2.35. The number of anilines is 3. The van der Waals surface area contributed by atoms with Crippen LogP contribution in [0.2, 0.25) is 0 Å². The van der Waals surface area contributed by atoms with E-state index in [9.17, 15) is 4.79 Å². The minimum atomic E-state index is -0.0336. The van der Waals surface area contributed by atoms with E-state index in [1.165, 1.54) is 5.69 Å². The summed E-state index contributed by atoms with van der Waals surface area (Å²) in [6, 6.07) is 14.0. The second kappa shape index (κ2) is 7.17. The Hall–Kier alpha value is -3.78. The topological polar surface area (TPSA) is 87.2 Å². The van der Waals surface area contributed by atoms with Crippen LogP contribution in [-0.2, 0) is 16.0 Å². The molecule has 0 radical (unpaired) electrons. The molecule has 154 valence electrons. The lowest BCUT2D eigenvalue weighted by Gasteiger charge is -2.28. The number of aromatic amines is 1. The Morgan fingerprint density at radius 2 is 1.77 bits per heavy atom. The van der Waals surface area contributed by atoms with Crippen LogP contribution in [0.15, 0.2) is 55.0 Å². The van der Waals surface area contributed by atoms with E-state index >= 15 is 0 Å². The molecule has 8 heteroatoms. The highest BCUT2D eigenvalue weighted by Gasteiger charge is 2.32. The van der Waals surface area contributed by atoms with Crippen LogP contribution in [0.1, 0.15) is 5.69 Å². The van der Waals surface area contributed by atoms with Crippen molar-refractivity contribution in [2.24, 2.45) is 0 Å². The van der Waals surface area contributed by atoms with E-state index in [1.807, 2.05) is 18.2 Å². The van der Waals surface area contributed by atoms with Crippen LogP contribution < -0.4 is 9.80 Å². The number of benzene rings is 2. The lowest BCUT2D eigenvalue weighted by Crippen LogP contribution is -2.36. The third-order valence-corrected chi connectivity index (χ3v) is 5.81. The molecule has 4 heterocycles. The molecule has 1 N–H and O–H groups in total. The number of imidazole rings is 1. The lowest BCUT2D eigenvalue weighted by atomic mass is 10.1. The van der Waals surface area contributed by atoms with Crippen molar-refractivity contribution in [2.45, 2.75) is 6.42 Å². The molecule has 2 aliphatic heterocycles. The van der Waals surface area contributed by atoms with Crippen molar-refractivity contribution in [1.82, 2.24) is 19.9 Å². The number of nitrogens with zero attached hydrogens (tertiary/aromatic N) is 5. The maximum absolute atomic E-state index is 12.8. The SMILES string of the molecule is O=C1Cc2ncc(-c3ccc(N4CCOCC4)cc3)nc2N1c1ccc2nc[nH]c2c1. The smallest absolute Gasteiger partial charge is 0.238 e. The first-order valence-electron chi connectivity index (χ1n) is 10.3. The molecule has 4 aromatic rings. The van der Waals surface area contributed by atoms with Gasteiger partial charge in [0.1, 0.15) is 0 Å². The number of hydrogen-bond donors (Lipinski definition) is 1. The quantitative estimate of drug-likeness (QED) is 0.557. The van der Waals surface area contributed by atoms with E-state index in [-0.39, 0.29) is 12.3 Å². The minimum absolute atomic E-state index is 0.0336. The Bertz CT molecular complexity index is 1280. The molecule has 0 spiro atoms. The van der Waals surface area contributed by atoms with Crippen LogP contribution in [-0.4, -0.2) is 52.1 Å². The highest BCUT2D eigenvalue weighted by molar-refractivity contribution is 6.06. The molecule has 1 amide bonds. The van der Waals surface area contributed by atoms with E-state index in [4.69, 9.17) is 9.72 Å². The maximum atomic E-state index is 12.8. The number of carbonyl (C=O) groups is 1. The lowest BCUT2D eigenvalue weighted by molar-refractivity contribution is -0.116. The Morgan fingerprint density at radius 1 is 0.968 bits per heavy atom. The molecule has 31 heavy (non-hydrogen) atoms. The number of aromatic nitrogens is 4. The Morgan fingerprint density at radius 3 is 2.61 bits per heavy atom. The molecular weight excluding hydrogens is 392 g/mol. The van der Waals surface area contributed by atoms with Crippen LogP contribution in [0.4, 0.5) is 17.2 Å². The summed E-state index contributed by atoms with van der Waals surface area (Å²) in [7, 11) is 0. The molecule has 2 aliphatic rings. The van der Waals surface area contributed by atoms with Crippen molar-refractivity contribution >= 4 is 34.1 Å². The number of fused-ring (bicyclic) bond motifs is 2. The molecule has 2 aromatic carbocycles. The molecule has 0 aliphatic carbocycles. The zero-order valence-electron chi connectivity index (χ0n) is 16.8. The van der Waals surface area contributed by atoms with E-state index in [1.54, 1.807) is 17.4 Å². The third-order valence-electron chi connectivity index (χ3n) is 5.81. The predicted octanol–water partition coefficient (Wildman–Crippen LogP) is 3.08. The van der Waals surface area contributed by atoms with Gasteiger partial charge in [-0.25, -0.2) is 9.97 Å². The van der Waals surface area contributed by atoms with Crippen molar-refractivity contribution in [3.05, 3.63) is 60.7 Å². The Balaban J connectivity index is 1.34. The normalized spacial score (nSPS) is 16.2. The summed E-state index contributed by atoms with van der Waals surface area (Å²) in [5, 5.41) is 0. The number of hydrogen-bond acceptors (Lipinski definition) is 6. The van der Waals surface area contributed by atoms with Gasteiger partial charge in [0, 0.05) is 24.3 Å². The van der Waals surface area contributed by atoms with Gasteiger partial charge < -0.3 is 14.6 Å². The summed E-state index contributed by atoms with van der Waals surface area (Å²) in [6.07, 6.45) is 3.64. The molecule has 1 fully saturated rings. The highest BCUT2D eigenvalue weighted by atomic mass is 16.5. The first-order valence-corrected chi connectivity index (χ1v) is 10.3. The van der Waals surface area contributed by atoms with E-state index in [0.717, 1.165) is 54.3 Å². The van der Waals surface area contributed by atoms with Crippen molar-refractivity contribution in [1.29, 1.82) is 0 Å². The molecule has 0 bridgehead atoms. The Labute approximate surface area is 178 Å². The molecule has 0 unspecified atom stereocenters. The van der Waals surface area contributed by atoms with Gasteiger partial charge in [-0.05, 0) is 30.3 Å². The molecule has 0 saturated carbocycles. The zero-order chi connectivity index (χ0) is 20.8. The zero-order valence-corrected chi connectivity index (χ0v) is 16.8. The van der Waals surface area contributed by atoms with E-state index < -0.39 is 0 Å².